The van der Waals surface area contributed by atoms with Gasteiger partial charge in [0.2, 0.25) is 0 Å². The fourth-order valence-corrected chi connectivity index (χ4v) is 2.92. The van der Waals surface area contributed by atoms with Crippen LogP contribution in [-0.4, -0.2) is 21.9 Å². The van der Waals surface area contributed by atoms with Crippen molar-refractivity contribution in [2.45, 2.75) is 37.9 Å². The Bertz CT molecular complexity index is 587. The lowest BCUT2D eigenvalue weighted by Crippen LogP contribution is -2.07. The van der Waals surface area contributed by atoms with E-state index in [-0.39, 0.29) is 6.10 Å². The third-order valence-electron chi connectivity index (χ3n) is 2.89. The number of hydrogen-bond acceptors (Lipinski definition) is 4. The molecular formula is C17H21NO2S. The number of pyridine rings is 1. The molecule has 4 heteroatoms. The summed E-state index contributed by atoms with van der Waals surface area (Å²) < 4.78 is 5.60. The number of ether oxygens (including phenoxy) is 1. The second-order valence-electron chi connectivity index (χ2n) is 5.26. The van der Waals surface area contributed by atoms with Gasteiger partial charge in [0.15, 0.2) is 0 Å². The molecule has 0 spiro atoms. The van der Waals surface area contributed by atoms with Gasteiger partial charge in [-0.3, -0.25) is 4.98 Å². The Morgan fingerprint density at radius 3 is 2.76 bits per heavy atom. The molecule has 21 heavy (non-hydrogen) atoms. The highest BCUT2D eigenvalue weighted by molar-refractivity contribution is 7.99. The minimum Gasteiger partial charge on any atom is -0.489 e. The number of aliphatic hydroxyl groups is 1. The van der Waals surface area contributed by atoms with Crippen LogP contribution in [0.5, 0.6) is 5.75 Å². The van der Waals surface area contributed by atoms with E-state index < -0.39 is 6.10 Å². The summed E-state index contributed by atoms with van der Waals surface area (Å²) in [6, 6.07) is 10.1. The molecule has 2 aromatic rings. The molecule has 0 bridgehead atoms. The summed E-state index contributed by atoms with van der Waals surface area (Å²) >= 11 is 1.64. The van der Waals surface area contributed by atoms with Crippen LogP contribution in [-0.2, 0) is 0 Å². The highest BCUT2D eigenvalue weighted by atomic mass is 32.2. The smallest absolute Gasteiger partial charge is 0.138 e. The van der Waals surface area contributed by atoms with E-state index in [0.717, 1.165) is 10.5 Å². The lowest BCUT2D eigenvalue weighted by molar-refractivity contribution is 0.201. The van der Waals surface area contributed by atoms with E-state index in [2.05, 4.69) is 30.1 Å². The molecular weight excluding hydrogens is 282 g/mol. The van der Waals surface area contributed by atoms with Gasteiger partial charge in [0.25, 0.3) is 0 Å². The first kappa shape index (κ1) is 15.9. The van der Waals surface area contributed by atoms with Crippen LogP contribution in [0.15, 0.2) is 47.6 Å². The van der Waals surface area contributed by atoms with Gasteiger partial charge < -0.3 is 9.84 Å². The van der Waals surface area contributed by atoms with E-state index in [1.54, 1.807) is 24.2 Å². The molecule has 3 nitrogen and oxygen atoms in total. The Kier molecular flexibility index (Phi) is 5.65. The molecule has 0 radical (unpaired) electrons. The molecule has 0 aliphatic carbocycles. The number of aliphatic hydroxyl groups excluding tert-OH is 1. The monoisotopic (exact) mass is 303 g/mol. The molecule has 1 N–H and O–H groups in total. The molecule has 0 amide bonds. The number of hydrogen-bond donors (Lipinski definition) is 1. The average molecular weight is 303 g/mol. The Labute approximate surface area is 130 Å². The average Bonchev–Trinajstić information content (AvgIpc) is 2.44. The van der Waals surface area contributed by atoms with Crippen molar-refractivity contribution >= 4 is 11.8 Å². The van der Waals surface area contributed by atoms with Crippen molar-refractivity contribution in [3.05, 3.63) is 53.9 Å². The van der Waals surface area contributed by atoms with E-state index in [9.17, 15) is 5.11 Å². The van der Waals surface area contributed by atoms with Gasteiger partial charge in [-0.05, 0) is 39.0 Å². The molecule has 0 saturated heterocycles. The lowest BCUT2D eigenvalue weighted by atomic mass is 10.2. The third-order valence-corrected chi connectivity index (χ3v) is 3.96. The van der Waals surface area contributed by atoms with Crippen LogP contribution in [0, 0.1) is 6.92 Å². The first-order valence-electron chi connectivity index (χ1n) is 7.03. The lowest BCUT2D eigenvalue weighted by Gasteiger charge is -2.13. The van der Waals surface area contributed by atoms with Crippen molar-refractivity contribution in [1.82, 2.24) is 4.98 Å². The number of aromatic nitrogens is 1. The van der Waals surface area contributed by atoms with Gasteiger partial charge in [-0.1, -0.05) is 17.7 Å². The van der Waals surface area contributed by atoms with Crippen LogP contribution in [0.25, 0.3) is 0 Å². The molecule has 1 heterocycles. The highest BCUT2D eigenvalue weighted by Crippen LogP contribution is 2.26. The molecule has 2 rings (SSSR count). The maximum Gasteiger partial charge on any atom is 0.138 e. The van der Waals surface area contributed by atoms with Gasteiger partial charge in [-0.25, -0.2) is 0 Å². The summed E-state index contributed by atoms with van der Waals surface area (Å²) in [6.07, 6.45) is 2.90. The summed E-state index contributed by atoms with van der Waals surface area (Å²) in [7, 11) is 0. The summed E-state index contributed by atoms with van der Waals surface area (Å²) in [5.41, 5.74) is 2.01. The molecule has 1 aromatic heterocycles. The normalized spacial score (nSPS) is 12.4. The quantitative estimate of drug-likeness (QED) is 0.819. The molecule has 0 aliphatic rings. The molecule has 1 atom stereocenters. The van der Waals surface area contributed by atoms with Gasteiger partial charge in [-0.2, -0.15) is 0 Å². The van der Waals surface area contributed by atoms with Crippen LogP contribution < -0.4 is 4.74 Å². The van der Waals surface area contributed by atoms with E-state index in [4.69, 9.17) is 4.74 Å². The van der Waals surface area contributed by atoms with E-state index in [1.165, 1.54) is 5.56 Å². The molecule has 112 valence electrons. The molecule has 0 saturated carbocycles. The Morgan fingerprint density at radius 2 is 2.05 bits per heavy atom. The topological polar surface area (TPSA) is 42.4 Å². The zero-order chi connectivity index (χ0) is 15.2. The van der Waals surface area contributed by atoms with Gasteiger partial charge in [0.1, 0.15) is 5.75 Å². The second-order valence-corrected chi connectivity index (χ2v) is 6.36. The fraction of sp³-hybridized carbons (Fsp3) is 0.353. The predicted octanol–water partition coefficient (Wildman–Crippen LogP) is 4.00. The second kappa shape index (κ2) is 7.48. The van der Waals surface area contributed by atoms with Crippen molar-refractivity contribution in [2.75, 3.05) is 5.75 Å². The SMILES string of the molecule is Cc1cccc(SCC(O)c2cncc(OC(C)C)c2)c1. The largest absolute Gasteiger partial charge is 0.489 e. The maximum absolute atomic E-state index is 10.3. The fourth-order valence-electron chi connectivity index (χ4n) is 1.93. The van der Waals surface area contributed by atoms with Crippen LogP contribution >= 0.6 is 11.8 Å². The van der Waals surface area contributed by atoms with E-state index in [1.807, 2.05) is 26.0 Å². The van der Waals surface area contributed by atoms with Crippen molar-refractivity contribution in [2.24, 2.45) is 0 Å². The van der Waals surface area contributed by atoms with Crippen LogP contribution in [0.4, 0.5) is 0 Å². The standard InChI is InChI=1S/C17H21NO2S/c1-12(2)20-15-8-14(9-18-10-15)17(19)11-21-16-6-4-5-13(3)7-16/h4-10,12,17,19H,11H2,1-3H3. The number of nitrogens with zero attached hydrogens (tertiary/aromatic N) is 1. The number of thioether (sulfide) groups is 1. The summed E-state index contributed by atoms with van der Waals surface area (Å²) in [5.74, 6) is 1.29. The van der Waals surface area contributed by atoms with E-state index in [0.29, 0.717) is 11.5 Å². The minimum atomic E-state index is -0.557. The van der Waals surface area contributed by atoms with Gasteiger partial charge in [0.05, 0.1) is 18.4 Å². The summed E-state index contributed by atoms with van der Waals surface area (Å²) in [5, 5.41) is 10.3. The summed E-state index contributed by atoms with van der Waals surface area (Å²) in [6.45, 7) is 6.00. The first-order valence-corrected chi connectivity index (χ1v) is 8.02. The number of aryl methyl sites for hydroxylation is 1. The van der Waals surface area contributed by atoms with Crippen molar-refractivity contribution in [3.8, 4) is 5.75 Å². The van der Waals surface area contributed by atoms with Crippen molar-refractivity contribution in [1.29, 1.82) is 0 Å². The van der Waals surface area contributed by atoms with Crippen LogP contribution in [0.1, 0.15) is 31.1 Å². The van der Waals surface area contributed by atoms with Crippen LogP contribution in [0.2, 0.25) is 0 Å². The van der Waals surface area contributed by atoms with Gasteiger partial charge in [0, 0.05) is 22.4 Å². The van der Waals surface area contributed by atoms with Crippen molar-refractivity contribution in [3.63, 3.8) is 0 Å². The first-order chi connectivity index (χ1) is 10.0. The Hall–Kier alpha value is -1.52. The van der Waals surface area contributed by atoms with E-state index >= 15 is 0 Å². The van der Waals surface area contributed by atoms with Gasteiger partial charge >= 0.3 is 0 Å². The Morgan fingerprint density at radius 1 is 1.24 bits per heavy atom. The zero-order valence-electron chi connectivity index (χ0n) is 12.6. The number of benzene rings is 1. The van der Waals surface area contributed by atoms with Crippen LogP contribution in [0.3, 0.4) is 0 Å². The molecule has 1 aromatic carbocycles. The molecule has 0 aliphatic heterocycles. The minimum absolute atomic E-state index is 0.0980. The highest BCUT2D eigenvalue weighted by Gasteiger charge is 2.10. The third kappa shape index (κ3) is 5.06. The maximum atomic E-state index is 10.3. The van der Waals surface area contributed by atoms with Crippen molar-refractivity contribution < 1.29 is 9.84 Å². The molecule has 1 unspecified atom stereocenters. The zero-order valence-corrected chi connectivity index (χ0v) is 13.4. The number of rotatable bonds is 6. The predicted molar refractivity (Wildman–Crippen MR) is 86.9 cm³/mol. The Balaban J connectivity index is 1.98. The summed E-state index contributed by atoms with van der Waals surface area (Å²) in [4.78, 5) is 5.30. The molecule has 0 fully saturated rings. The van der Waals surface area contributed by atoms with Gasteiger partial charge in [-0.15, -0.1) is 11.8 Å².